The summed E-state index contributed by atoms with van der Waals surface area (Å²) >= 11 is 0. The maximum atomic E-state index is 12.1. The van der Waals surface area contributed by atoms with E-state index < -0.39 is 9.84 Å². The van der Waals surface area contributed by atoms with E-state index in [0.29, 0.717) is 6.54 Å². The lowest BCUT2D eigenvalue weighted by molar-refractivity contribution is 0.496. The molecule has 21 heavy (non-hydrogen) atoms. The van der Waals surface area contributed by atoms with Crippen LogP contribution in [0, 0.1) is 0 Å². The Morgan fingerprint density at radius 2 is 1.90 bits per heavy atom. The van der Waals surface area contributed by atoms with E-state index in [9.17, 15) is 8.42 Å². The van der Waals surface area contributed by atoms with Gasteiger partial charge in [-0.15, -0.1) is 0 Å². The molecule has 0 unspecified atom stereocenters. The Labute approximate surface area is 127 Å². The summed E-state index contributed by atoms with van der Waals surface area (Å²) in [6.07, 6.45) is 2.35. The van der Waals surface area contributed by atoms with Gasteiger partial charge in [-0.05, 0) is 18.4 Å². The molecule has 1 N–H and O–H groups in total. The first kappa shape index (κ1) is 15.8. The highest BCUT2D eigenvalue weighted by Crippen LogP contribution is 2.08. The van der Waals surface area contributed by atoms with E-state index in [1.165, 1.54) is 12.8 Å². The Morgan fingerprint density at radius 3 is 2.52 bits per heavy atom. The van der Waals surface area contributed by atoms with Crippen molar-refractivity contribution in [1.82, 2.24) is 10.2 Å². The molecule has 1 fully saturated rings. The van der Waals surface area contributed by atoms with Gasteiger partial charge in [-0.1, -0.05) is 30.3 Å². The van der Waals surface area contributed by atoms with Gasteiger partial charge in [0.25, 0.3) is 0 Å². The van der Waals surface area contributed by atoms with Gasteiger partial charge in [0.15, 0.2) is 15.8 Å². The summed E-state index contributed by atoms with van der Waals surface area (Å²) in [4.78, 5) is 6.38. The van der Waals surface area contributed by atoms with Crippen molar-refractivity contribution in [3.05, 3.63) is 35.9 Å². The van der Waals surface area contributed by atoms with Crippen LogP contribution in [-0.2, 0) is 15.6 Å². The summed E-state index contributed by atoms with van der Waals surface area (Å²) in [5.41, 5.74) is 0.835. The van der Waals surface area contributed by atoms with E-state index in [4.69, 9.17) is 0 Å². The lowest BCUT2D eigenvalue weighted by Crippen LogP contribution is -2.41. The van der Waals surface area contributed by atoms with Crippen LogP contribution < -0.4 is 5.32 Å². The molecule has 6 heteroatoms. The molecular weight excluding hydrogens is 286 g/mol. The predicted molar refractivity (Wildman–Crippen MR) is 86.1 cm³/mol. The summed E-state index contributed by atoms with van der Waals surface area (Å²) < 4.78 is 24.2. The lowest BCUT2D eigenvalue weighted by Gasteiger charge is -2.20. The lowest BCUT2D eigenvalue weighted by atomic mass is 10.2. The van der Waals surface area contributed by atoms with Crippen LogP contribution >= 0.6 is 0 Å². The zero-order chi connectivity index (χ0) is 15.1. The van der Waals surface area contributed by atoms with Crippen LogP contribution in [0.25, 0.3) is 0 Å². The van der Waals surface area contributed by atoms with Gasteiger partial charge in [0, 0.05) is 26.7 Å². The van der Waals surface area contributed by atoms with Crippen LogP contribution in [0.3, 0.4) is 0 Å². The highest BCUT2D eigenvalue weighted by atomic mass is 32.2. The summed E-state index contributed by atoms with van der Waals surface area (Å²) in [5.74, 6) is 1.02. The molecule has 5 nitrogen and oxygen atoms in total. The van der Waals surface area contributed by atoms with Gasteiger partial charge in [-0.25, -0.2) is 8.42 Å². The first-order valence-corrected chi connectivity index (χ1v) is 9.13. The second-order valence-corrected chi connectivity index (χ2v) is 7.43. The van der Waals surface area contributed by atoms with E-state index in [1.807, 2.05) is 30.3 Å². The summed E-state index contributed by atoms with van der Waals surface area (Å²) in [6.45, 7) is 2.39. The Balaban J connectivity index is 1.81. The number of rotatable bonds is 5. The largest absolute Gasteiger partial charge is 0.355 e. The number of hydrogen-bond donors (Lipinski definition) is 1. The first-order valence-electron chi connectivity index (χ1n) is 7.31. The fourth-order valence-corrected chi connectivity index (χ4v) is 3.74. The Bertz CT molecular complexity index is 564. The fraction of sp³-hybridized carbons (Fsp3) is 0.533. The monoisotopic (exact) mass is 309 g/mol. The van der Waals surface area contributed by atoms with Crippen molar-refractivity contribution >= 4 is 15.8 Å². The minimum atomic E-state index is -3.10. The minimum Gasteiger partial charge on any atom is -0.355 e. The second kappa shape index (κ2) is 7.45. The van der Waals surface area contributed by atoms with E-state index in [-0.39, 0.29) is 11.5 Å². The molecule has 1 aliphatic rings. The highest BCUT2D eigenvalue weighted by Gasteiger charge is 2.17. The quantitative estimate of drug-likeness (QED) is 0.657. The first-order chi connectivity index (χ1) is 10.1. The van der Waals surface area contributed by atoms with Crippen LogP contribution in [0.1, 0.15) is 18.4 Å². The van der Waals surface area contributed by atoms with E-state index in [1.54, 1.807) is 7.05 Å². The third kappa shape index (κ3) is 5.04. The molecule has 2 rings (SSSR count). The van der Waals surface area contributed by atoms with Gasteiger partial charge in [-0.2, -0.15) is 0 Å². The van der Waals surface area contributed by atoms with Gasteiger partial charge >= 0.3 is 0 Å². The summed E-state index contributed by atoms with van der Waals surface area (Å²) in [6, 6.07) is 9.29. The van der Waals surface area contributed by atoms with E-state index in [0.717, 1.165) is 24.6 Å². The minimum absolute atomic E-state index is 0.0951. The SMILES string of the molecule is CN=C(NCCS(=O)(=O)Cc1ccccc1)N1CCCC1. The van der Waals surface area contributed by atoms with Crippen LogP contribution in [-0.4, -0.2) is 51.7 Å². The van der Waals surface area contributed by atoms with Crippen molar-refractivity contribution in [1.29, 1.82) is 0 Å². The van der Waals surface area contributed by atoms with Crippen molar-refractivity contribution in [2.24, 2.45) is 4.99 Å². The van der Waals surface area contributed by atoms with E-state index in [2.05, 4.69) is 15.2 Å². The molecule has 0 saturated carbocycles. The van der Waals surface area contributed by atoms with E-state index >= 15 is 0 Å². The summed E-state index contributed by atoms with van der Waals surface area (Å²) in [5, 5.41) is 3.15. The maximum Gasteiger partial charge on any atom is 0.193 e. The molecule has 1 heterocycles. The Morgan fingerprint density at radius 1 is 1.24 bits per heavy atom. The zero-order valence-electron chi connectivity index (χ0n) is 12.5. The number of likely N-dealkylation sites (tertiary alicyclic amines) is 1. The second-order valence-electron chi connectivity index (χ2n) is 5.25. The number of sulfone groups is 1. The average molecular weight is 309 g/mol. The highest BCUT2D eigenvalue weighted by molar-refractivity contribution is 7.90. The van der Waals surface area contributed by atoms with Crippen molar-refractivity contribution in [2.75, 3.05) is 32.4 Å². The topological polar surface area (TPSA) is 61.8 Å². The number of guanidine groups is 1. The van der Waals surface area contributed by atoms with Crippen LogP contribution in [0.5, 0.6) is 0 Å². The van der Waals surface area contributed by atoms with Gasteiger partial charge in [0.05, 0.1) is 11.5 Å². The van der Waals surface area contributed by atoms with Crippen LogP contribution in [0.2, 0.25) is 0 Å². The molecule has 0 radical (unpaired) electrons. The standard InChI is InChI=1S/C15H23N3O2S/c1-16-15(18-10-5-6-11-18)17-9-12-21(19,20)13-14-7-3-2-4-8-14/h2-4,7-8H,5-6,9-13H2,1H3,(H,16,17). The number of nitrogens with one attached hydrogen (secondary N) is 1. The van der Waals surface area contributed by atoms with Crippen molar-refractivity contribution in [3.63, 3.8) is 0 Å². The molecular formula is C15H23N3O2S. The predicted octanol–water partition coefficient (Wildman–Crippen LogP) is 1.27. The molecule has 1 aromatic carbocycles. The molecule has 1 saturated heterocycles. The van der Waals surface area contributed by atoms with Crippen molar-refractivity contribution in [2.45, 2.75) is 18.6 Å². The number of benzene rings is 1. The van der Waals surface area contributed by atoms with Crippen LogP contribution in [0.15, 0.2) is 35.3 Å². The smallest absolute Gasteiger partial charge is 0.193 e. The third-order valence-electron chi connectivity index (χ3n) is 3.54. The molecule has 0 amide bonds. The number of hydrogen-bond acceptors (Lipinski definition) is 3. The molecule has 1 aromatic rings. The number of nitrogens with zero attached hydrogens (tertiary/aromatic N) is 2. The number of aliphatic imine (C=N–C) groups is 1. The maximum absolute atomic E-state index is 12.1. The Kier molecular flexibility index (Phi) is 5.61. The van der Waals surface area contributed by atoms with Gasteiger partial charge < -0.3 is 10.2 Å². The molecule has 0 aromatic heterocycles. The van der Waals surface area contributed by atoms with Crippen molar-refractivity contribution < 1.29 is 8.42 Å². The fourth-order valence-electron chi connectivity index (χ4n) is 2.48. The molecule has 0 spiro atoms. The normalized spacial score (nSPS) is 16.2. The summed E-state index contributed by atoms with van der Waals surface area (Å²) in [7, 11) is -1.36. The molecule has 0 aliphatic carbocycles. The van der Waals surface area contributed by atoms with Crippen molar-refractivity contribution in [3.8, 4) is 0 Å². The van der Waals surface area contributed by atoms with Crippen LogP contribution in [0.4, 0.5) is 0 Å². The average Bonchev–Trinajstić information content (AvgIpc) is 2.98. The Hall–Kier alpha value is -1.56. The van der Waals surface area contributed by atoms with Gasteiger partial charge in [0.1, 0.15) is 0 Å². The zero-order valence-corrected chi connectivity index (χ0v) is 13.3. The molecule has 116 valence electrons. The third-order valence-corrected chi connectivity index (χ3v) is 5.14. The van der Waals surface area contributed by atoms with Gasteiger partial charge in [-0.3, -0.25) is 4.99 Å². The molecule has 0 atom stereocenters. The molecule has 0 bridgehead atoms. The molecule has 1 aliphatic heterocycles. The van der Waals surface area contributed by atoms with Gasteiger partial charge in [0.2, 0.25) is 0 Å².